The van der Waals surface area contributed by atoms with Crippen molar-refractivity contribution in [3.05, 3.63) is 23.5 Å². The minimum absolute atomic E-state index is 0.647. The highest BCUT2D eigenvalue weighted by Gasteiger charge is 2.01. The summed E-state index contributed by atoms with van der Waals surface area (Å²) >= 11 is 0. The summed E-state index contributed by atoms with van der Waals surface area (Å²) in [7, 11) is 3.55. The molecule has 0 saturated heterocycles. The van der Waals surface area contributed by atoms with E-state index < -0.39 is 0 Å². The Labute approximate surface area is 108 Å². The number of aryl methyl sites for hydroxylation is 1. The third kappa shape index (κ3) is 5.32. The van der Waals surface area contributed by atoms with Crippen LogP contribution in [0, 0.1) is 11.3 Å². The van der Waals surface area contributed by atoms with Crippen LogP contribution in [0.1, 0.15) is 17.7 Å². The summed E-state index contributed by atoms with van der Waals surface area (Å²) in [5, 5.41) is 12.1. The van der Waals surface area contributed by atoms with Gasteiger partial charge in [-0.25, -0.2) is 0 Å². The Morgan fingerprint density at radius 1 is 1.39 bits per heavy atom. The topological polar surface area (TPSA) is 59.2 Å². The second kappa shape index (κ2) is 8.70. The maximum absolute atomic E-state index is 8.83. The first kappa shape index (κ1) is 14.7. The van der Waals surface area contributed by atoms with Gasteiger partial charge in [0.25, 0.3) is 0 Å². The predicted molar refractivity (Wildman–Crippen MR) is 69.1 cm³/mol. The van der Waals surface area contributed by atoms with Gasteiger partial charge in [0.1, 0.15) is 11.8 Å². The van der Waals surface area contributed by atoms with Gasteiger partial charge in [0.2, 0.25) is 0 Å². The van der Waals surface area contributed by atoms with E-state index in [-0.39, 0.29) is 0 Å². The van der Waals surface area contributed by atoms with E-state index in [0.717, 1.165) is 31.7 Å². The number of nitriles is 1. The van der Waals surface area contributed by atoms with Gasteiger partial charge in [-0.05, 0) is 24.6 Å². The molecule has 0 atom stereocenters. The molecule has 0 bridgehead atoms. The maximum Gasteiger partial charge on any atom is 0.120 e. The van der Waals surface area contributed by atoms with Gasteiger partial charge in [0.15, 0.2) is 0 Å². The number of aromatic nitrogens is 1. The lowest BCUT2D eigenvalue weighted by Gasteiger charge is -2.04. The van der Waals surface area contributed by atoms with Crippen molar-refractivity contribution < 1.29 is 9.47 Å². The first-order chi connectivity index (χ1) is 8.77. The van der Waals surface area contributed by atoms with E-state index in [9.17, 15) is 0 Å². The van der Waals surface area contributed by atoms with Crippen molar-refractivity contribution >= 4 is 0 Å². The zero-order valence-corrected chi connectivity index (χ0v) is 11.1. The average molecular weight is 251 g/mol. The van der Waals surface area contributed by atoms with Gasteiger partial charge in [0, 0.05) is 33.5 Å². The summed E-state index contributed by atoms with van der Waals surface area (Å²) in [6.07, 6.45) is 2.95. The zero-order chi connectivity index (χ0) is 13.2. The van der Waals surface area contributed by atoms with Crippen LogP contribution in [0.25, 0.3) is 0 Å². The van der Waals surface area contributed by atoms with Crippen molar-refractivity contribution in [2.45, 2.75) is 13.0 Å². The second-order valence-corrected chi connectivity index (χ2v) is 4.09. The number of hydrogen-bond donors (Lipinski definition) is 1. The molecule has 0 spiro atoms. The molecule has 0 saturated carbocycles. The monoisotopic (exact) mass is 251 g/mol. The normalized spacial score (nSPS) is 10.5. The highest BCUT2D eigenvalue weighted by molar-refractivity contribution is 5.28. The standard InChI is InChI=1S/C13H21N3O2/c1-16-11-12(8-13(16)9-14)10-15-4-3-5-18-7-6-17-2/h8,11,15H,3-7,10H2,1-2H3. The van der Waals surface area contributed by atoms with Crippen LogP contribution in [-0.2, 0) is 23.1 Å². The summed E-state index contributed by atoms with van der Waals surface area (Å²) in [5.74, 6) is 0. The molecule has 5 heteroatoms. The van der Waals surface area contributed by atoms with Gasteiger partial charge in [-0.3, -0.25) is 0 Å². The number of methoxy groups -OCH3 is 1. The summed E-state index contributed by atoms with van der Waals surface area (Å²) in [5.41, 5.74) is 1.82. The molecule has 0 aliphatic heterocycles. The number of ether oxygens (including phenoxy) is 2. The smallest absolute Gasteiger partial charge is 0.120 e. The van der Waals surface area contributed by atoms with Crippen molar-refractivity contribution in [1.82, 2.24) is 9.88 Å². The van der Waals surface area contributed by atoms with Gasteiger partial charge in [-0.1, -0.05) is 0 Å². The molecule has 0 radical (unpaired) electrons. The van der Waals surface area contributed by atoms with Gasteiger partial charge in [-0.15, -0.1) is 0 Å². The molecule has 1 aromatic rings. The molecule has 0 amide bonds. The van der Waals surface area contributed by atoms with E-state index in [2.05, 4.69) is 11.4 Å². The lowest BCUT2D eigenvalue weighted by atomic mass is 10.3. The zero-order valence-electron chi connectivity index (χ0n) is 11.1. The van der Waals surface area contributed by atoms with Crippen molar-refractivity contribution in [2.24, 2.45) is 7.05 Å². The molecule has 100 valence electrons. The molecular weight excluding hydrogens is 230 g/mol. The number of rotatable bonds is 9. The minimum atomic E-state index is 0.647. The number of nitrogens with one attached hydrogen (secondary N) is 1. The van der Waals surface area contributed by atoms with E-state index in [1.807, 2.05) is 23.9 Å². The Morgan fingerprint density at radius 2 is 2.22 bits per heavy atom. The van der Waals surface area contributed by atoms with Crippen molar-refractivity contribution in [2.75, 3.05) is 33.5 Å². The molecule has 0 aromatic carbocycles. The Kier molecular flexibility index (Phi) is 7.11. The quantitative estimate of drug-likeness (QED) is 0.666. The average Bonchev–Trinajstić information content (AvgIpc) is 2.73. The van der Waals surface area contributed by atoms with E-state index in [0.29, 0.717) is 18.9 Å². The SMILES string of the molecule is COCCOCCCNCc1cc(C#N)n(C)c1. The molecule has 1 rings (SSSR count). The predicted octanol–water partition coefficient (Wildman–Crippen LogP) is 1.04. The van der Waals surface area contributed by atoms with Crippen LogP contribution in [0.15, 0.2) is 12.3 Å². The largest absolute Gasteiger partial charge is 0.382 e. The maximum atomic E-state index is 8.83. The highest BCUT2D eigenvalue weighted by Crippen LogP contribution is 2.05. The number of hydrogen-bond acceptors (Lipinski definition) is 4. The molecule has 1 N–H and O–H groups in total. The van der Waals surface area contributed by atoms with Gasteiger partial charge in [0.05, 0.1) is 13.2 Å². The molecule has 5 nitrogen and oxygen atoms in total. The summed E-state index contributed by atoms with van der Waals surface area (Å²) < 4.78 is 12.1. The van der Waals surface area contributed by atoms with Crippen molar-refractivity contribution in [3.63, 3.8) is 0 Å². The van der Waals surface area contributed by atoms with Crippen LogP contribution in [0.4, 0.5) is 0 Å². The van der Waals surface area contributed by atoms with E-state index in [4.69, 9.17) is 14.7 Å². The molecule has 0 aliphatic rings. The summed E-state index contributed by atoms with van der Waals surface area (Å²) in [6, 6.07) is 4.05. The molecule has 0 aliphatic carbocycles. The minimum Gasteiger partial charge on any atom is -0.382 e. The van der Waals surface area contributed by atoms with Crippen LogP contribution in [0.2, 0.25) is 0 Å². The van der Waals surface area contributed by atoms with Crippen LogP contribution >= 0.6 is 0 Å². The Hall–Kier alpha value is -1.35. The van der Waals surface area contributed by atoms with E-state index >= 15 is 0 Å². The first-order valence-corrected chi connectivity index (χ1v) is 6.10. The molecule has 18 heavy (non-hydrogen) atoms. The van der Waals surface area contributed by atoms with Gasteiger partial charge < -0.3 is 19.4 Å². The molecule has 0 fully saturated rings. The third-order valence-electron chi connectivity index (χ3n) is 2.58. The van der Waals surface area contributed by atoms with Gasteiger partial charge >= 0.3 is 0 Å². The Morgan fingerprint density at radius 3 is 2.89 bits per heavy atom. The lowest BCUT2D eigenvalue weighted by molar-refractivity contribution is 0.0695. The fourth-order valence-electron chi connectivity index (χ4n) is 1.62. The number of nitrogens with zero attached hydrogens (tertiary/aromatic N) is 2. The highest BCUT2D eigenvalue weighted by atomic mass is 16.5. The lowest BCUT2D eigenvalue weighted by Crippen LogP contribution is -2.16. The summed E-state index contributed by atoms with van der Waals surface area (Å²) in [6.45, 7) is 3.74. The molecule has 1 heterocycles. The fourth-order valence-corrected chi connectivity index (χ4v) is 1.62. The van der Waals surface area contributed by atoms with Crippen molar-refractivity contribution in [1.29, 1.82) is 5.26 Å². The molecular formula is C13H21N3O2. The van der Waals surface area contributed by atoms with E-state index in [1.54, 1.807) is 7.11 Å². The first-order valence-electron chi connectivity index (χ1n) is 6.10. The van der Waals surface area contributed by atoms with Crippen LogP contribution < -0.4 is 5.32 Å². The van der Waals surface area contributed by atoms with Crippen LogP contribution in [-0.4, -0.2) is 38.0 Å². The Balaban J connectivity index is 2.05. The molecule has 0 unspecified atom stereocenters. The fraction of sp³-hybridized carbons (Fsp3) is 0.615. The summed E-state index contributed by atoms with van der Waals surface area (Å²) in [4.78, 5) is 0. The molecule has 1 aromatic heterocycles. The van der Waals surface area contributed by atoms with Crippen molar-refractivity contribution in [3.8, 4) is 6.07 Å². The van der Waals surface area contributed by atoms with Crippen LogP contribution in [0.3, 0.4) is 0 Å². The van der Waals surface area contributed by atoms with E-state index in [1.165, 1.54) is 0 Å². The van der Waals surface area contributed by atoms with Gasteiger partial charge in [-0.2, -0.15) is 5.26 Å². The van der Waals surface area contributed by atoms with Crippen LogP contribution in [0.5, 0.6) is 0 Å². The third-order valence-corrected chi connectivity index (χ3v) is 2.58. The second-order valence-electron chi connectivity index (χ2n) is 4.09. The Bertz CT molecular complexity index is 382.